The van der Waals surface area contributed by atoms with Gasteiger partial charge in [0.25, 0.3) is 5.91 Å². The van der Waals surface area contributed by atoms with Crippen LogP contribution in [0.4, 0.5) is 0 Å². The summed E-state index contributed by atoms with van der Waals surface area (Å²) in [7, 11) is 0. The lowest BCUT2D eigenvalue weighted by Crippen LogP contribution is -2.53. The van der Waals surface area contributed by atoms with Gasteiger partial charge in [-0.05, 0) is 49.3 Å². The Balaban J connectivity index is 1.47. The number of carbonyl (C=O) groups is 1. The number of aryl methyl sites for hydroxylation is 1. The van der Waals surface area contributed by atoms with Crippen molar-refractivity contribution in [2.45, 2.75) is 51.8 Å². The number of ether oxygens (including phenoxy) is 1. The van der Waals surface area contributed by atoms with Gasteiger partial charge in [-0.15, -0.1) is 0 Å². The molecule has 0 spiro atoms. The van der Waals surface area contributed by atoms with Crippen molar-refractivity contribution >= 4 is 5.91 Å². The fourth-order valence-corrected chi connectivity index (χ4v) is 5.43. The van der Waals surface area contributed by atoms with E-state index in [9.17, 15) is 4.79 Å². The van der Waals surface area contributed by atoms with E-state index in [2.05, 4.69) is 33.7 Å². The van der Waals surface area contributed by atoms with Crippen molar-refractivity contribution in [2.75, 3.05) is 0 Å². The highest BCUT2D eigenvalue weighted by Crippen LogP contribution is 2.47. The standard InChI is InChI=1S/C26H28N4O2/c1-16(2)24-18-13-21(22(14-18)32-23-10-9-17(3)15-29-23)30(24)26(31)20-8-5-4-7-19(20)25-27-11-6-12-28-25/h4-12,15-16,18,21-22,24H,13-14H2,1-3H3. The lowest BCUT2D eigenvalue weighted by atomic mass is 9.88. The summed E-state index contributed by atoms with van der Waals surface area (Å²) >= 11 is 0. The van der Waals surface area contributed by atoms with Crippen LogP contribution in [0.3, 0.4) is 0 Å². The van der Waals surface area contributed by atoms with Crippen LogP contribution in [-0.2, 0) is 0 Å². The van der Waals surface area contributed by atoms with Gasteiger partial charge in [0.1, 0.15) is 6.10 Å². The molecular weight excluding hydrogens is 400 g/mol. The molecule has 2 aliphatic rings. The second-order valence-corrected chi connectivity index (χ2v) is 9.19. The molecule has 5 rings (SSSR count). The number of hydrogen-bond acceptors (Lipinski definition) is 5. The van der Waals surface area contributed by atoms with Crippen LogP contribution in [0.5, 0.6) is 5.88 Å². The number of fused-ring (bicyclic) bond motifs is 2. The number of aromatic nitrogens is 3. The van der Waals surface area contributed by atoms with Crippen LogP contribution in [0.1, 0.15) is 42.6 Å². The first-order chi connectivity index (χ1) is 15.5. The fraction of sp³-hybridized carbons (Fsp3) is 0.385. The topological polar surface area (TPSA) is 68.2 Å². The molecule has 0 N–H and O–H groups in total. The number of benzene rings is 1. The highest BCUT2D eigenvalue weighted by atomic mass is 16.5. The third-order valence-corrected chi connectivity index (χ3v) is 6.71. The van der Waals surface area contributed by atoms with Gasteiger partial charge in [-0.25, -0.2) is 15.0 Å². The Morgan fingerprint density at radius 1 is 1.03 bits per heavy atom. The summed E-state index contributed by atoms with van der Waals surface area (Å²) in [5.74, 6) is 2.02. The summed E-state index contributed by atoms with van der Waals surface area (Å²) in [6.45, 7) is 6.42. The van der Waals surface area contributed by atoms with E-state index >= 15 is 0 Å². The summed E-state index contributed by atoms with van der Waals surface area (Å²) in [5, 5.41) is 0. The molecule has 1 aliphatic carbocycles. The highest BCUT2D eigenvalue weighted by molar-refractivity contribution is 6.00. The predicted molar refractivity (Wildman–Crippen MR) is 122 cm³/mol. The third kappa shape index (κ3) is 3.64. The number of likely N-dealkylation sites (tertiary alicyclic amines) is 1. The lowest BCUT2D eigenvalue weighted by molar-refractivity contribution is 0.0183. The maximum atomic E-state index is 14.0. The zero-order chi connectivity index (χ0) is 22.2. The van der Waals surface area contributed by atoms with Gasteiger partial charge in [0, 0.05) is 36.3 Å². The van der Waals surface area contributed by atoms with Gasteiger partial charge in [-0.3, -0.25) is 4.79 Å². The number of piperidine rings is 1. The molecule has 32 heavy (non-hydrogen) atoms. The molecule has 4 unspecified atom stereocenters. The van der Waals surface area contributed by atoms with E-state index in [4.69, 9.17) is 4.74 Å². The zero-order valence-electron chi connectivity index (χ0n) is 18.7. The van der Waals surface area contributed by atoms with E-state index in [1.54, 1.807) is 18.5 Å². The van der Waals surface area contributed by atoms with Crippen molar-refractivity contribution in [1.29, 1.82) is 0 Å². The first kappa shape index (κ1) is 20.6. The van der Waals surface area contributed by atoms with Crippen LogP contribution in [0, 0.1) is 18.8 Å². The minimum absolute atomic E-state index is 0.0319. The summed E-state index contributed by atoms with van der Waals surface area (Å²) in [6, 6.07) is 13.6. The summed E-state index contributed by atoms with van der Waals surface area (Å²) in [6.07, 6.45) is 7.10. The normalized spacial score (nSPS) is 24.2. The number of rotatable bonds is 5. The van der Waals surface area contributed by atoms with E-state index in [0.717, 1.165) is 24.0 Å². The molecule has 6 nitrogen and oxygen atoms in total. The second-order valence-electron chi connectivity index (χ2n) is 9.19. The van der Waals surface area contributed by atoms with E-state index in [0.29, 0.717) is 29.1 Å². The van der Waals surface area contributed by atoms with Crippen molar-refractivity contribution in [2.24, 2.45) is 11.8 Å². The van der Waals surface area contributed by atoms with E-state index in [-0.39, 0.29) is 24.1 Å². The monoisotopic (exact) mass is 428 g/mol. The quantitative estimate of drug-likeness (QED) is 0.596. The van der Waals surface area contributed by atoms with Crippen LogP contribution in [0.25, 0.3) is 11.4 Å². The maximum absolute atomic E-state index is 14.0. The molecule has 2 bridgehead atoms. The van der Waals surface area contributed by atoms with E-state index in [1.807, 2.05) is 49.5 Å². The number of carbonyl (C=O) groups excluding carboxylic acids is 1. The van der Waals surface area contributed by atoms with Crippen molar-refractivity contribution in [3.8, 4) is 17.3 Å². The van der Waals surface area contributed by atoms with Crippen LogP contribution in [0.2, 0.25) is 0 Å². The first-order valence-electron chi connectivity index (χ1n) is 11.3. The number of amides is 1. The molecular formula is C26H28N4O2. The van der Waals surface area contributed by atoms with E-state index < -0.39 is 0 Å². The summed E-state index contributed by atoms with van der Waals surface area (Å²) < 4.78 is 6.29. The smallest absolute Gasteiger partial charge is 0.255 e. The molecule has 0 radical (unpaired) electrons. The van der Waals surface area contributed by atoms with Gasteiger partial charge < -0.3 is 9.64 Å². The van der Waals surface area contributed by atoms with Gasteiger partial charge in [0.2, 0.25) is 5.88 Å². The Hall–Kier alpha value is -3.28. The molecule has 6 heteroatoms. The van der Waals surface area contributed by atoms with Gasteiger partial charge >= 0.3 is 0 Å². The van der Waals surface area contributed by atoms with Crippen molar-refractivity contribution < 1.29 is 9.53 Å². The zero-order valence-corrected chi connectivity index (χ0v) is 18.7. The van der Waals surface area contributed by atoms with Gasteiger partial charge in [0.05, 0.1) is 11.6 Å². The van der Waals surface area contributed by atoms with Crippen LogP contribution in [0.15, 0.2) is 61.1 Å². The van der Waals surface area contributed by atoms with Crippen molar-refractivity contribution in [3.05, 3.63) is 72.2 Å². The first-order valence-corrected chi connectivity index (χ1v) is 11.3. The number of hydrogen-bond donors (Lipinski definition) is 0. The Bertz CT molecular complexity index is 1100. The molecule has 1 saturated heterocycles. The van der Waals surface area contributed by atoms with Gasteiger partial charge in [-0.2, -0.15) is 0 Å². The molecule has 164 valence electrons. The molecule has 1 aliphatic heterocycles. The minimum Gasteiger partial charge on any atom is -0.472 e. The number of nitrogens with zero attached hydrogens (tertiary/aromatic N) is 4. The minimum atomic E-state index is -0.0470. The molecule has 1 amide bonds. The average molecular weight is 429 g/mol. The van der Waals surface area contributed by atoms with Gasteiger partial charge in [0.15, 0.2) is 5.82 Å². The Morgan fingerprint density at radius 2 is 1.81 bits per heavy atom. The molecule has 4 atom stereocenters. The maximum Gasteiger partial charge on any atom is 0.255 e. The largest absolute Gasteiger partial charge is 0.472 e. The van der Waals surface area contributed by atoms with Crippen LogP contribution >= 0.6 is 0 Å². The Labute approximate surface area is 188 Å². The van der Waals surface area contributed by atoms with Crippen LogP contribution in [-0.4, -0.2) is 43.9 Å². The molecule has 3 aromatic rings. The molecule has 1 aromatic carbocycles. The molecule has 1 saturated carbocycles. The lowest BCUT2D eigenvalue weighted by Gasteiger charge is -2.41. The molecule has 2 aromatic heterocycles. The van der Waals surface area contributed by atoms with Gasteiger partial charge in [-0.1, -0.05) is 38.1 Å². The summed E-state index contributed by atoms with van der Waals surface area (Å²) in [4.78, 5) is 29.3. The average Bonchev–Trinajstić information content (AvgIpc) is 3.39. The second kappa shape index (κ2) is 8.34. The molecule has 2 fully saturated rings. The summed E-state index contributed by atoms with van der Waals surface area (Å²) in [5.41, 5.74) is 2.51. The Kier molecular flexibility index (Phi) is 5.37. The predicted octanol–water partition coefficient (Wildman–Crippen LogP) is 4.55. The fourth-order valence-electron chi connectivity index (χ4n) is 5.43. The van der Waals surface area contributed by atoms with Crippen LogP contribution < -0.4 is 4.74 Å². The number of pyridine rings is 1. The van der Waals surface area contributed by atoms with Crippen molar-refractivity contribution in [1.82, 2.24) is 19.9 Å². The highest BCUT2D eigenvalue weighted by Gasteiger charge is 2.55. The Morgan fingerprint density at radius 3 is 2.53 bits per heavy atom. The van der Waals surface area contributed by atoms with Crippen molar-refractivity contribution in [3.63, 3.8) is 0 Å². The SMILES string of the molecule is Cc1ccc(OC2CC3CC2N(C(=O)c2ccccc2-c2ncccn2)C3C(C)C)nc1. The van der Waals surface area contributed by atoms with E-state index in [1.165, 1.54) is 0 Å². The third-order valence-electron chi connectivity index (χ3n) is 6.71. The molecule has 3 heterocycles.